The van der Waals surface area contributed by atoms with Crippen molar-refractivity contribution in [2.45, 2.75) is 19.5 Å². The second-order valence-electron chi connectivity index (χ2n) is 9.40. The molecule has 2 amide bonds. The van der Waals surface area contributed by atoms with Gasteiger partial charge in [-0.2, -0.15) is 5.10 Å². The lowest BCUT2D eigenvalue weighted by atomic mass is 10.0. The molecular weight excluding hydrogens is 490 g/mol. The number of fused-ring (bicyclic) bond motifs is 3. The summed E-state index contributed by atoms with van der Waals surface area (Å²) in [5, 5.41) is 8.00. The van der Waals surface area contributed by atoms with Crippen molar-refractivity contribution in [1.29, 1.82) is 0 Å². The summed E-state index contributed by atoms with van der Waals surface area (Å²) in [6.07, 6.45) is 2.04. The van der Waals surface area contributed by atoms with Crippen LogP contribution in [0.25, 0.3) is 11.5 Å². The number of urea groups is 1. The zero-order valence-corrected chi connectivity index (χ0v) is 22.0. The van der Waals surface area contributed by atoms with Gasteiger partial charge in [-0.05, 0) is 73.2 Å². The maximum atomic E-state index is 14.0. The van der Waals surface area contributed by atoms with Crippen LogP contribution in [-0.4, -0.2) is 39.5 Å². The number of ether oxygens (including phenoxy) is 2. The van der Waals surface area contributed by atoms with E-state index in [1.165, 1.54) is 0 Å². The van der Waals surface area contributed by atoms with Gasteiger partial charge < -0.3 is 24.3 Å². The number of carbonyl (C=O) groups excluding carboxylic acids is 1. The van der Waals surface area contributed by atoms with Gasteiger partial charge in [0.05, 0.1) is 43.9 Å². The number of methoxy groups -OCH3 is 2. The van der Waals surface area contributed by atoms with Gasteiger partial charge >= 0.3 is 6.03 Å². The lowest BCUT2D eigenvalue weighted by Gasteiger charge is -2.31. The summed E-state index contributed by atoms with van der Waals surface area (Å²) in [5.41, 5.74) is 5.43. The molecule has 39 heavy (non-hydrogen) atoms. The number of hydrogen-bond donors (Lipinski definition) is 1. The molecule has 2 aromatic heterocycles. The molecule has 3 aromatic carbocycles. The Morgan fingerprint density at radius 3 is 2.21 bits per heavy atom. The minimum absolute atomic E-state index is 0.214. The smallest absolute Gasteiger partial charge is 0.322 e. The summed E-state index contributed by atoms with van der Waals surface area (Å²) in [4.78, 5) is 15.9. The quantitative estimate of drug-likeness (QED) is 0.303. The highest BCUT2D eigenvalue weighted by Crippen LogP contribution is 2.39. The number of aromatic nitrogens is 3. The molecule has 8 nitrogen and oxygen atoms in total. The molecular formula is C31H29N5O3. The van der Waals surface area contributed by atoms with Gasteiger partial charge in [-0.3, -0.25) is 0 Å². The number of benzene rings is 3. The molecule has 5 aromatic rings. The van der Waals surface area contributed by atoms with Crippen LogP contribution in [0.1, 0.15) is 28.6 Å². The van der Waals surface area contributed by atoms with E-state index in [4.69, 9.17) is 14.6 Å². The van der Waals surface area contributed by atoms with Crippen LogP contribution in [0.3, 0.4) is 0 Å². The van der Waals surface area contributed by atoms with Crippen LogP contribution >= 0.6 is 0 Å². The van der Waals surface area contributed by atoms with Crippen molar-refractivity contribution in [3.63, 3.8) is 0 Å². The predicted molar refractivity (Wildman–Crippen MR) is 150 cm³/mol. The number of nitrogens with zero attached hydrogens (tertiary/aromatic N) is 4. The number of carbonyl (C=O) groups is 1. The van der Waals surface area contributed by atoms with Crippen molar-refractivity contribution in [3.8, 4) is 23.0 Å². The Morgan fingerprint density at radius 2 is 1.54 bits per heavy atom. The summed E-state index contributed by atoms with van der Waals surface area (Å²) in [5.74, 6) is 2.41. The summed E-state index contributed by atoms with van der Waals surface area (Å²) < 4.78 is 14.8. The molecule has 0 radical (unpaired) electrons. The lowest BCUT2D eigenvalue weighted by Crippen LogP contribution is -2.38. The highest BCUT2D eigenvalue weighted by Gasteiger charge is 2.36. The van der Waals surface area contributed by atoms with E-state index in [-0.39, 0.29) is 12.1 Å². The van der Waals surface area contributed by atoms with Crippen molar-refractivity contribution in [1.82, 2.24) is 19.2 Å². The van der Waals surface area contributed by atoms with E-state index < -0.39 is 0 Å². The third-order valence-corrected chi connectivity index (χ3v) is 7.12. The fourth-order valence-corrected chi connectivity index (χ4v) is 5.16. The molecule has 6 rings (SSSR count). The first kappa shape index (κ1) is 24.4. The van der Waals surface area contributed by atoms with Crippen LogP contribution in [0, 0.1) is 6.92 Å². The van der Waals surface area contributed by atoms with Gasteiger partial charge in [-0.1, -0.05) is 30.3 Å². The number of rotatable bonds is 5. The SMILES string of the molecule is COc1ccc(NC(=O)N2Cc3c(C)nn(-c4ccccc4)c3-n3cccc3C2c2ccc(OC)cc2)cc1. The summed E-state index contributed by atoms with van der Waals surface area (Å²) in [6, 6.07) is 28.8. The van der Waals surface area contributed by atoms with E-state index in [9.17, 15) is 4.79 Å². The summed E-state index contributed by atoms with van der Waals surface area (Å²) in [7, 11) is 3.27. The number of para-hydroxylation sites is 1. The Balaban J connectivity index is 1.50. The Morgan fingerprint density at radius 1 is 0.872 bits per heavy atom. The molecule has 0 saturated carbocycles. The number of hydrogen-bond acceptors (Lipinski definition) is 4. The van der Waals surface area contributed by atoms with Gasteiger partial charge in [-0.15, -0.1) is 0 Å². The fraction of sp³-hybridized carbons (Fsp3) is 0.161. The molecule has 1 unspecified atom stereocenters. The molecule has 1 N–H and O–H groups in total. The molecule has 3 heterocycles. The van der Waals surface area contributed by atoms with E-state index in [1.54, 1.807) is 14.2 Å². The van der Waals surface area contributed by atoms with Crippen LogP contribution < -0.4 is 14.8 Å². The van der Waals surface area contributed by atoms with Crippen molar-refractivity contribution < 1.29 is 14.3 Å². The first-order valence-corrected chi connectivity index (χ1v) is 12.7. The monoisotopic (exact) mass is 519 g/mol. The first-order chi connectivity index (χ1) is 19.1. The highest BCUT2D eigenvalue weighted by molar-refractivity contribution is 5.90. The molecule has 0 fully saturated rings. The van der Waals surface area contributed by atoms with E-state index in [2.05, 4.69) is 16.0 Å². The van der Waals surface area contributed by atoms with Crippen molar-refractivity contribution in [2.75, 3.05) is 19.5 Å². The minimum atomic E-state index is -0.361. The van der Waals surface area contributed by atoms with Gasteiger partial charge in [0.1, 0.15) is 17.3 Å². The Kier molecular flexibility index (Phi) is 6.28. The van der Waals surface area contributed by atoms with Gasteiger partial charge in [0.15, 0.2) is 0 Å². The average molecular weight is 520 g/mol. The Hall–Kier alpha value is -4.98. The normalized spacial score (nSPS) is 14.2. The molecule has 0 aliphatic carbocycles. The number of anilines is 1. The molecule has 8 heteroatoms. The van der Waals surface area contributed by atoms with Crippen LogP contribution in [0.5, 0.6) is 11.5 Å². The van der Waals surface area contributed by atoms with E-state index in [1.807, 2.05) is 108 Å². The predicted octanol–water partition coefficient (Wildman–Crippen LogP) is 6.13. The topological polar surface area (TPSA) is 73.5 Å². The van der Waals surface area contributed by atoms with Crippen LogP contribution in [-0.2, 0) is 6.54 Å². The first-order valence-electron chi connectivity index (χ1n) is 12.7. The van der Waals surface area contributed by atoms with Crippen molar-refractivity contribution >= 4 is 11.7 Å². The Bertz CT molecular complexity index is 1600. The number of amides is 2. The summed E-state index contributed by atoms with van der Waals surface area (Å²) in [6.45, 7) is 2.36. The molecule has 0 saturated heterocycles. The molecule has 196 valence electrons. The van der Waals surface area contributed by atoms with Crippen LogP contribution in [0.15, 0.2) is 97.2 Å². The van der Waals surface area contributed by atoms with Gasteiger partial charge in [0.2, 0.25) is 0 Å². The molecule has 1 aliphatic heterocycles. The average Bonchev–Trinajstić information content (AvgIpc) is 3.54. The number of aryl methyl sites for hydroxylation is 1. The standard InChI is InChI=1S/C31H29N5O3/c1-21-27-20-35(31(37)32-23-13-17-26(39-3)18-14-23)29(22-11-15-25(38-2)16-12-22)28-10-7-19-34(28)30(27)36(33-21)24-8-5-4-6-9-24/h4-19,29H,20H2,1-3H3,(H,32,37). The van der Waals surface area contributed by atoms with E-state index in [0.29, 0.717) is 12.2 Å². The zero-order valence-electron chi connectivity index (χ0n) is 22.0. The molecule has 0 spiro atoms. The minimum Gasteiger partial charge on any atom is -0.497 e. The third kappa shape index (κ3) is 4.40. The van der Waals surface area contributed by atoms with Gasteiger partial charge in [0.25, 0.3) is 0 Å². The molecule has 0 bridgehead atoms. The molecule has 1 aliphatic rings. The third-order valence-electron chi connectivity index (χ3n) is 7.12. The summed E-state index contributed by atoms with van der Waals surface area (Å²) >= 11 is 0. The highest BCUT2D eigenvalue weighted by atomic mass is 16.5. The van der Waals surface area contributed by atoms with Gasteiger partial charge in [-0.25, -0.2) is 9.48 Å². The van der Waals surface area contributed by atoms with Gasteiger partial charge in [0, 0.05) is 17.4 Å². The molecule has 1 atom stereocenters. The largest absolute Gasteiger partial charge is 0.497 e. The van der Waals surface area contributed by atoms with Crippen LogP contribution in [0.2, 0.25) is 0 Å². The fourth-order valence-electron chi connectivity index (χ4n) is 5.16. The number of nitrogens with one attached hydrogen (secondary N) is 1. The zero-order chi connectivity index (χ0) is 26.9. The second-order valence-corrected chi connectivity index (χ2v) is 9.40. The van der Waals surface area contributed by atoms with Crippen molar-refractivity contribution in [2.24, 2.45) is 0 Å². The van der Waals surface area contributed by atoms with E-state index in [0.717, 1.165) is 45.5 Å². The lowest BCUT2D eigenvalue weighted by molar-refractivity contribution is 0.194. The Labute approximate surface area is 227 Å². The maximum absolute atomic E-state index is 14.0. The second kappa shape index (κ2) is 10.1. The van der Waals surface area contributed by atoms with E-state index >= 15 is 0 Å². The van der Waals surface area contributed by atoms with Crippen LogP contribution in [0.4, 0.5) is 10.5 Å². The van der Waals surface area contributed by atoms with Crippen molar-refractivity contribution in [3.05, 3.63) is 120 Å². The maximum Gasteiger partial charge on any atom is 0.322 e.